The third-order valence-corrected chi connectivity index (χ3v) is 1.78. The number of hydrogen-bond donors (Lipinski definition) is 1. The van der Waals surface area contributed by atoms with Crippen LogP contribution in [0.5, 0.6) is 0 Å². The van der Waals surface area contributed by atoms with Crippen molar-refractivity contribution in [2.45, 2.75) is 45.4 Å². The van der Waals surface area contributed by atoms with Crippen molar-refractivity contribution in [1.29, 1.82) is 0 Å². The normalized spacial score (nSPS) is 33.6. The van der Waals surface area contributed by atoms with Crippen LogP contribution in [0.15, 0.2) is 0 Å². The molecular weight excluding hydrogens is 126 g/mol. The second-order valence-electron chi connectivity index (χ2n) is 3.35. The van der Waals surface area contributed by atoms with Gasteiger partial charge in [-0.3, -0.25) is 0 Å². The van der Waals surface area contributed by atoms with E-state index in [0.717, 1.165) is 13.0 Å². The SMILES string of the molecule is CC(C)O[C@H]1CN[C@@H](C)C1. The maximum atomic E-state index is 5.62. The molecule has 0 aromatic heterocycles. The monoisotopic (exact) mass is 143 g/mol. The van der Waals surface area contributed by atoms with Gasteiger partial charge in [-0.25, -0.2) is 0 Å². The second kappa shape index (κ2) is 3.35. The molecule has 0 amide bonds. The van der Waals surface area contributed by atoms with Crippen molar-refractivity contribution in [2.75, 3.05) is 6.54 Å². The zero-order valence-corrected chi connectivity index (χ0v) is 7.05. The van der Waals surface area contributed by atoms with Crippen molar-refractivity contribution in [1.82, 2.24) is 5.32 Å². The van der Waals surface area contributed by atoms with E-state index in [2.05, 4.69) is 26.1 Å². The molecule has 0 saturated carbocycles. The molecule has 1 N–H and O–H groups in total. The van der Waals surface area contributed by atoms with E-state index < -0.39 is 0 Å². The fraction of sp³-hybridized carbons (Fsp3) is 1.00. The fourth-order valence-corrected chi connectivity index (χ4v) is 1.38. The highest BCUT2D eigenvalue weighted by Crippen LogP contribution is 2.11. The Kier molecular flexibility index (Phi) is 2.69. The van der Waals surface area contributed by atoms with E-state index in [1.165, 1.54) is 0 Å². The number of nitrogens with one attached hydrogen (secondary N) is 1. The minimum absolute atomic E-state index is 0.372. The molecule has 60 valence electrons. The largest absolute Gasteiger partial charge is 0.374 e. The molecule has 0 bridgehead atoms. The molecule has 2 atom stereocenters. The third-order valence-electron chi connectivity index (χ3n) is 1.78. The van der Waals surface area contributed by atoms with Crippen molar-refractivity contribution >= 4 is 0 Å². The lowest BCUT2D eigenvalue weighted by molar-refractivity contribution is 0.0189. The van der Waals surface area contributed by atoms with Gasteiger partial charge < -0.3 is 10.1 Å². The molecule has 1 fully saturated rings. The molecule has 0 radical (unpaired) electrons. The summed E-state index contributed by atoms with van der Waals surface area (Å²) in [6.45, 7) is 7.40. The highest BCUT2D eigenvalue weighted by molar-refractivity contribution is 4.78. The predicted octanol–water partition coefficient (Wildman–Crippen LogP) is 1.16. The highest BCUT2D eigenvalue weighted by atomic mass is 16.5. The average Bonchev–Trinajstić information content (AvgIpc) is 2.13. The van der Waals surface area contributed by atoms with Gasteiger partial charge in [-0.15, -0.1) is 0 Å². The Labute approximate surface area is 63.0 Å². The van der Waals surface area contributed by atoms with Gasteiger partial charge in [0, 0.05) is 12.6 Å². The van der Waals surface area contributed by atoms with Crippen molar-refractivity contribution in [2.24, 2.45) is 0 Å². The van der Waals surface area contributed by atoms with Crippen LogP contribution in [-0.2, 0) is 4.74 Å². The van der Waals surface area contributed by atoms with Crippen LogP contribution < -0.4 is 5.32 Å². The molecular formula is C8H17NO. The van der Waals surface area contributed by atoms with Gasteiger partial charge in [-0.05, 0) is 27.2 Å². The number of hydrogen-bond acceptors (Lipinski definition) is 2. The lowest BCUT2D eigenvalue weighted by Crippen LogP contribution is -2.21. The van der Waals surface area contributed by atoms with Crippen molar-refractivity contribution in [3.8, 4) is 0 Å². The van der Waals surface area contributed by atoms with Crippen LogP contribution in [0.4, 0.5) is 0 Å². The third kappa shape index (κ3) is 2.27. The lowest BCUT2D eigenvalue weighted by Gasteiger charge is -2.13. The maximum absolute atomic E-state index is 5.62. The Morgan fingerprint density at radius 3 is 2.60 bits per heavy atom. The van der Waals surface area contributed by atoms with Gasteiger partial charge >= 0.3 is 0 Å². The number of rotatable bonds is 2. The first-order chi connectivity index (χ1) is 4.68. The summed E-state index contributed by atoms with van der Waals surface area (Å²) in [7, 11) is 0. The molecule has 10 heavy (non-hydrogen) atoms. The van der Waals surface area contributed by atoms with Gasteiger partial charge in [0.25, 0.3) is 0 Å². The highest BCUT2D eigenvalue weighted by Gasteiger charge is 2.21. The number of ether oxygens (including phenoxy) is 1. The molecule has 0 aliphatic carbocycles. The van der Waals surface area contributed by atoms with Gasteiger partial charge in [0.15, 0.2) is 0 Å². The summed E-state index contributed by atoms with van der Waals surface area (Å²) in [5.74, 6) is 0. The Balaban J connectivity index is 2.18. The van der Waals surface area contributed by atoms with Gasteiger partial charge in [0.05, 0.1) is 12.2 Å². The van der Waals surface area contributed by atoms with Crippen LogP contribution >= 0.6 is 0 Å². The van der Waals surface area contributed by atoms with Crippen molar-refractivity contribution in [3.63, 3.8) is 0 Å². The Hall–Kier alpha value is -0.0800. The zero-order chi connectivity index (χ0) is 7.56. The Morgan fingerprint density at radius 2 is 2.20 bits per heavy atom. The summed E-state index contributed by atoms with van der Waals surface area (Å²) in [5.41, 5.74) is 0. The van der Waals surface area contributed by atoms with Crippen LogP contribution in [0.25, 0.3) is 0 Å². The topological polar surface area (TPSA) is 21.3 Å². The van der Waals surface area contributed by atoms with Crippen LogP contribution in [0, 0.1) is 0 Å². The first-order valence-corrected chi connectivity index (χ1v) is 4.07. The molecule has 1 saturated heterocycles. The summed E-state index contributed by atoms with van der Waals surface area (Å²) in [6, 6.07) is 0.642. The smallest absolute Gasteiger partial charge is 0.0717 e. The molecule has 0 unspecified atom stereocenters. The zero-order valence-electron chi connectivity index (χ0n) is 7.05. The van der Waals surface area contributed by atoms with Gasteiger partial charge in [0.2, 0.25) is 0 Å². The molecule has 1 aliphatic heterocycles. The summed E-state index contributed by atoms with van der Waals surface area (Å²) in [4.78, 5) is 0. The van der Waals surface area contributed by atoms with E-state index in [1.54, 1.807) is 0 Å². The predicted molar refractivity (Wildman–Crippen MR) is 42.1 cm³/mol. The van der Waals surface area contributed by atoms with Crippen molar-refractivity contribution in [3.05, 3.63) is 0 Å². The van der Waals surface area contributed by atoms with E-state index in [-0.39, 0.29) is 0 Å². The summed E-state index contributed by atoms with van der Waals surface area (Å²) >= 11 is 0. The standard InChI is InChI=1S/C8H17NO/c1-6(2)10-8-4-7(3)9-5-8/h6-9H,4-5H2,1-3H3/t7-,8+/m0/s1. The maximum Gasteiger partial charge on any atom is 0.0717 e. The minimum Gasteiger partial charge on any atom is -0.374 e. The summed E-state index contributed by atoms with van der Waals surface area (Å²) in [5, 5.41) is 3.35. The Morgan fingerprint density at radius 1 is 1.50 bits per heavy atom. The van der Waals surface area contributed by atoms with Gasteiger partial charge in [-0.1, -0.05) is 0 Å². The van der Waals surface area contributed by atoms with Gasteiger partial charge in [0.1, 0.15) is 0 Å². The lowest BCUT2D eigenvalue weighted by atomic mass is 10.2. The minimum atomic E-state index is 0.372. The molecule has 1 heterocycles. The van der Waals surface area contributed by atoms with Crippen molar-refractivity contribution < 1.29 is 4.74 Å². The second-order valence-corrected chi connectivity index (χ2v) is 3.35. The molecule has 0 aromatic rings. The van der Waals surface area contributed by atoms with E-state index in [4.69, 9.17) is 4.74 Å². The van der Waals surface area contributed by atoms with Crippen LogP contribution in [0.1, 0.15) is 27.2 Å². The quantitative estimate of drug-likeness (QED) is 0.626. The van der Waals surface area contributed by atoms with E-state index >= 15 is 0 Å². The van der Waals surface area contributed by atoms with Crippen LogP contribution in [-0.4, -0.2) is 24.8 Å². The molecule has 0 spiro atoms. The molecule has 1 aliphatic rings. The van der Waals surface area contributed by atoms with E-state index in [0.29, 0.717) is 18.2 Å². The summed E-state index contributed by atoms with van der Waals surface area (Å²) < 4.78 is 5.62. The first kappa shape index (κ1) is 8.02. The molecule has 0 aromatic carbocycles. The summed E-state index contributed by atoms with van der Waals surface area (Å²) in [6.07, 6.45) is 1.99. The van der Waals surface area contributed by atoms with Crippen LogP contribution in [0.3, 0.4) is 0 Å². The van der Waals surface area contributed by atoms with E-state index in [9.17, 15) is 0 Å². The first-order valence-electron chi connectivity index (χ1n) is 4.07. The fourth-order valence-electron chi connectivity index (χ4n) is 1.38. The molecule has 2 nitrogen and oxygen atoms in total. The Bertz CT molecular complexity index is 103. The molecule has 1 rings (SSSR count). The molecule has 2 heteroatoms. The van der Waals surface area contributed by atoms with E-state index in [1.807, 2.05) is 0 Å². The van der Waals surface area contributed by atoms with Crippen LogP contribution in [0.2, 0.25) is 0 Å². The van der Waals surface area contributed by atoms with Gasteiger partial charge in [-0.2, -0.15) is 0 Å². The average molecular weight is 143 g/mol.